The van der Waals surface area contributed by atoms with Gasteiger partial charge in [0.2, 0.25) is 10.0 Å². The van der Waals surface area contributed by atoms with Gasteiger partial charge in [-0.3, -0.25) is 4.79 Å². The average Bonchev–Trinajstić information content (AvgIpc) is 2.14. The minimum Gasteiger partial charge on any atom is -0.480 e. The number of nitrogens with one attached hydrogen (secondary N) is 1. The van der Waals surface area contributed by atoms with Crippen molar-refractivity contribution in [3.05, 3.63) is 0 Å². The van der Waals surface area contributed by atoms with Crippen LogP contribution in [-0.2, 0) is 14.8 Å². The lowest BCUT2D eigenvalue weighted by molar-refractivity contribution is -0.136. The highest BCUT2D eigenvalue weighted by Crippen LogP contribution is 2.12. The predicted molar refractivity (Wildman–Crippen MR) is 53.4 cm³/mol. The van der Waals surface area contributed by atoms with E-state index in [1.807, 2.05) is 6.07 Å². The first kappa shape index (κ1) is 13.9. The zero-order valence-electron chi connectivity index (χ0n) is 8.81. The van der Waals surface area contributed by atoms with Crippen LogP contribution in [0, 0.1) is 16.7 Å². The smallest absolute Gasteiger partial charge is 0.323 e. The summed E-state index contributed by atoms with van der Waals surface area (Å²) in [5.74, 6) is -1.42. The van der Waals surface area contributed by atoms with Gasteiger partial charge in [0.05, 0.1) is 11.5 Å². The molecule has 0 aliphatic rings. The number of carbonyl (C=O) groups is 1. The molecule has 0 amide bonds. The molecule has 0 saturated heterocycles. The van der Waals surface area contributed by atoms with E-state index in [0.717, 1.165) is 6.92 Å². The summed E-state index contributed by atoms with van der Waals surface area (Å²) in [5, 5.41) is 15.6. The Kier molecular flexibility index (Phi) is 4.25. The van der Waals surface area contributed by atoms with Crippen LogP contribution < -0.4 is 4.72 Å². The lowest BCUT2D eigenvalue weighted by Gasteiger charge is -2.17. The Morgan fingerprint density at radius 3 is 2.40 bits per heavy atom. The molecule has 86 valence electrons. The van der Waals surface area contributed by atoms with Crippen LogP contribution in [0.4, 0.5) is 0 Å². The lowest BCUT2D eigenvalue weighted by atomic mass is 9.97. The molecule has 0 bridgehead atoms. The van der Waals surface area contributed by atoms with E-state index >= 15 is 0 Å². The summed E-state index contributed by atoms with van der Waals surface area (Å²) >= 11 is 0. The van der Waals surface area contributed by atoms with Crippen LogP contribution in [0.5, 0.6) is 0 Å². The number of aliphatic carboxylic acids is 1. The van der Waals surface area contributed by atoms with Crippen LogP contribution in [0.25, 0.3) is 0 Å². The fourth-order valence-corrected chi connectivity index (χ4v) is 1.66. The molecule has 7 heteroatoms. The predicted octanol–water partition coefficient (Wildman–Crippen LogP) is -0.0713. The molecule has 0 aromatic carbocycles. The molecule has 0 aromatic rings. The molecule has 0 fully saturated rings. The number of sulfonamides is 1. The summed E-state index contributed by atoms with van der Waals surface area (Å²) in [7, 11) is -3.90. The molecule has 6 nitrogen and oxygen atoms in total. The number of rotatable bonds is 5. The first-order valence-corrected chi connectivity index (χ1v) is 5.79. The summed E-state index contributed by atoms with van der Waals surface area (Å²) in [6.07, 6.45) is 0. The van der Waals surface area contributed by atoms with Gasteiger partial charge >= 0.3 is 5.97 Å². The van der Waals surface area contributed by atoms with Gasteiger partial charge in [-0.05, 0) is 20.8 Å². The van der Waals surface area contributed by atoms with Gasteiger partial charge in [0.15, 0.2) is 5.25 Å². The summed E-state index contributed by atoms with van der Waals surface area (Å²) in [4.78, 5) is 10.5. The van der Waals surface area contributed by atoms with Crippen molar-refractivity contribution in [3.63, 3.8) is 0 Å². The maximum Gasteiger partial charge on any atom is 0.323 e. The van der Waals surface area contributed by atoms with E-state index in [4.69, 9.17) is 10.4 Å². The van der Waals surface area contributed by atoms with E-state index in [2.05, 4.69) is 4.72 Å². The number of carboxylic acids is 1. The van der Waals surface area contributed by atoms with Crippen molar-refractivity contribution in [2.24, 2.45) is 5.41 Å². The van der Waals surface area contributed by atoms with E-state index in [1.54, 1.807) is 13.8 Å². The first-order valence-electron chi connectivity index (χ1n) is 4.25. The Morgan fingerprint density at radius 2 is 2.07 bits per heavy atom. The highest BCUT2D eigenvalue weighted by Gasteiger charge is 2.29. The van der Waals surface area contributed by atoms with Crippen molar-refractivity contribution in [1.29, 1.82) is 5.26 Å². The molecule has 0 spiro atoms. The second kappa shape index (κ2) is 4.59. The summed E-state index contributed by atoms with van der Waals surface area (Å²) in [5.41, 5.74) is -0.856. The van der Waals surface area contributed by atoms with Gasteiger partial charge in [-0.15, -0.1) is 0 Å². The highest BCUT2D eigenvalue weighted by atomic mass is 32.2. The number of nitrogens with zero attached hydrogens (tertiary/aromatic N) is 1. The lowest BCUT2D eigenvalue weighted by Crippen LogP contribution is -2.41. The first-order chi connectivity index (χ1) is 6.62. The SMILES string of the molecule is CC(C(=O)O)S(=O)(=O)NCC(C)(C)C#N. The van der Waals surface area contributed by atoms with Crippen LogP contribution in [0.1, 0.15) is 20.8 Å². The van der Waals surface area contributed by atoms with Crippen LogP contribution in [-0.4, -0.2) is 31.3 Å². The minimum atomic E-state index is -3.90. The molecule has 0 saturated carbocycles. The van der Waals surface area contributed by atoms with Crippen LogP contribution in [0.3, 0.4) is 0 Å². The van der Waals surface area contributed by atoms with E-state index < -0.39 is 26.7 Å². The van der Waals surface area contributed by atoms with Crippen molar-refractivity contribution >= 4 is 16.0 Å². The molecule has 0 aromatic heterocycles. The van der Waals surface area contributed by atoms with Crippen molar-refractivity contribution in [3.8, 4) is 6.07 Å². The van der Waals surface area contributed by atoms with Crippen LogP contribution in [0.15, 0.2) is 0 Å². The minimum absolute atomic E-state index is 0.108. The van der Waals surface area contributed by atoms with Gasteiger partial charge in [0.25, 0.3) is 0 Å². The van der Waals surface area contributed by atoms with Crippen molar-refractivity contribution < 1.29 is 18.3 Å². The molecule has 1 atom stereocenters. The standard InChI is InChI=1S/C8H14N2O4S/c1-6(7(11)12)15(13,14)10-5-8(2,3)4-9/h6,10H,5H2,1-3H3,(H,11,12). The third-order valence-corrected chi connectivity index (χ3v) is 3.51. The van der Waals surface area contributed by atoms with Gasteiger partial charge in [-0.2, -0.15) is 5.26 Å². The Hall–Kier alpha value is -1.13. The van der Waals surface area contributed by atoms with Crippen molar-refractivity contribution in [2.45, 2.75) is 26.0 Å². The Labute approximate surface area is 89.0 Å². The van der Waals surface area contributed by atoms with Gasteiger partial charge in [-0.1, -0.05) is 0 Å². The third-order valence-electron chi connectivity index (χ3n) is 1.83. The normalized spacial score (nSPS) is 14.3. The molecule has 0 radical (unpaired) electrons. The second-order valence-corrected chi connectivity index (χ2v) is 5.93. The summed E-state index contributed by atoms with van der Waals surface area (Å²) < 4.78 is 24.8. The Balaban J connectivity index is 4.57. The molecular weight excluding hydrogens is 220 g/mol. The molecule has 0 heterocycles. The van der Waals surface area contributed by atoms with Gasteiger partial charge in [0.1, 0.15) is 0 Å². The van der Waals surface area contributed by atoms with Gasteiger partial charge in [0, 0.05) is 6.54 Å². The van der Waals surface area contributed by atoms with Crippen molar-refractivity contribution in [1.82, 2.24) is 4.72 Å². The van der Waals surface area contributed by atoms with Crippen molar-refractivity contribution in [2.75, 3.05) is 6.54 Å². The molecule has 15 heavy (non-hydrogen) atoms. The molecule has 0 aliphatic carbocycles. The highest BCUT2D eigenvalue weighted by molar-refractivity contribution is 7.90. The molecule has 0 rings (SSSR count). The summed E-state index contributed by atoms with van der Waals surface area (Å²) in [6.45, 7) is 4.08. The topological polar surface area (TPSA) is 107 Å². The van der Waals surface area contributed by atoms with Gasteiger partial charge in [-0.25, -0.2) is 13.1 Å². The zero-order valence-corrected chi connectivity index (χ0v) is 9.63. The fourth-order valence-electron chi connectivity index (χ4n) is 0.578. The Morgan fingerprint density at radius 1 is 1.60 bits per heavy atom. The number of nitriles is 1. The van der Waals surface area contributed by atoms with E-state index in [-0.39, 0.29) is 6.54 Å². The van der Waals surface area contributed by atoms with E-state index in [9.17, 15) is 13.2 Å². The molecular formula is C8H14N2O4S. The van der Waals surface area contributed by atoms with Gasteiger partial charge < -0.3 is 5.11 Å². The fraction of sp³-hybridized carbons (Fsp3) is 0.750. The maximum absolute atomic E-state index is 11.3. The Bertz CT molecular complexity index is 380. The average molecular weight is 234 g/mol. The number of hydrogen-bond acceptors (Lipinski definition) is 4. The monoisotopic (exact) mass is 234 g/mol. The quantitative estimate of drug-likeness (QED) is 0.692. The van der Waals surface area contributed by atoms with E-state index in [1.165, 1.54) is 0 Å². The second-order valence-electron chi connectivity index (χ2n) is 3.84. The number of carboxylic acid groups (broad SMARTS) is 1. The van der Waals surface area contributed by atoms with Crippen LogP contribution >= 0.6 is 0 Å². The van der Waals surface area contributed by atoms with Crippen LogP contribution in [0.2, 0.25) is 0 Å². The molecule has 0 aliphatic heterocycles. The molecule has 1 unspecified atom stereocenters. The van der Waals surface area contributed by atoms with E-state index in [0.29, 0.717) is 0 Å². The maximum atomic E-state index is 11.3. The molecule has 2 N–H and O–H groups in total. The summed E-state index contributed by atoms with van der Waals surface area (Å²) in [6, 6.07) is 1.91. The third kappa shape index (κ3) is 4.27. The largest absolute Gasteiger partial charge is 0.480 e. The zero-order chi connectivity index (χ0) is 12.3. The number of hydrogen-bond donors (Lipinski definition) is 2.